The minimum atomic E-state index is -3.75. The summed E-state index contributed by atoms with van der Waals surface area (Å²) in [4.78, 5) is 27.4. The first-order valence-electron chi connectivity index (χ1n) is 11.2. The van der Waals surface area contributed by atoms with Crippen molar-refractivity contribution in [1.82, 2.24) is 9.21 Å². The zero-order valence-electron chi connectivity index (χ0n) is 18.4. The van der Waals surface area contributed by atoms with Crippen LogP contribution in [0.15, 0.2) is 34.9 Å². The molecule has 1 amide bonds. The van der Waals surface area contributed by atoms with Gasteiger partial charge in [0.05, 0.1) is 23.7 Å². The van der Waals surface area contributed by atoms with Crippen LogP contribution in [0, 0.1) is 6.92 Å². The number of hydrogen-bond donors (Lipinski definition) is 0. The third-order valence-corrected chi connectivity index (χ3v) is 8.14. The molecule has 174 valence electrons. The van der Waals surface area contributed by atoms with Crippen molar-refractivity contribution < 1.29 is 27.5 Å². The molecule has 1 aromatic carbocycles. The summed E-state index contributed by atoms with van der Waals surface area (Å²) in [5, 5.41) is 0. The van der Waals surface area contributed by atoms with Gasteiger partial charge in [0.1, 0.15) is 0 Å². The molecule has 1 aromatic rings. The quantitative estimate of drug-likeness (QED) is 0.579. The molecular weight excluding hydrogens is 432 g/mol. The molecule has 4 rings (SSSR count). The number of hydrogen-bond acceptors (Lipinski definition) is 6. The molecule has 1 aliphatic heterocycles. The Kier molecular flexibility index (Phi) is 6.97. The molecule has 3 aliphatic rings. The highest BCUT2D eigenvalue weighted by Crippen LogP contribution is 2.33. The number of benzene rings is 1. The first-order valence-corrected chi connectivity index (χ1v) is 12.7. The first-order chi connectivity index (χ1) is 15.4. The van der Waals surface area contributed by atoms with Gasteiger partial charge >= 0.3 is 5.97 Å². The third-order valence-electron chi connectivity index (χ3n) is 6.10. The van der Waals surface area contributed by atoms with E-state index in [1.165, 1.54) is 16.4 Å². The number of sulfonamides is 1. The van der Waals surface area contributed by atoms with Crippen molar-refractivity contribution in [1.29, 1.82) is 0 Å². The van der Waals surface area contributed by atoms with Gasteiger partial charge in [-0.25, -0.2) is 13.2 Å². The highest BCUT2D eigenvalue weighted by atomic mass is 32.2. The highest BCUT2D eigenvalue weighted by Gasteiger charge is 2.35. The van der Waals surface area contributed by atoms with Crippen molar-refractivity contribution in [2.45, 2.75) is 56.4 Å². The maximum absolute atomic E-state index is 13.0. The Morgan fingerprint density at radius 3 is 2.59 bits per heavy atom. The van der Waals surface area contributed by atoms with E-state index in [9.17, 15) is 18.0 Å². The van der Waals surface area contributed by atoms with Crippen LogP contribution in [0.5, 0.6) is 0 Å². The molecule has 0 spiro atoms. The summed E-state index contributed by atoms with van der Waals surface area (Å²) in [6.07, 6.45) is 8.09. The minimum Gasteiger partial charge on any atom is -0.452 e. The highest BCUT2D eigenvalue weighted by molar-refractivity contribution is 7.89. The van der Waals surface area contributed by atoms with Crippen LogP contribution in [0.2, 0.25) is 0 Å². The number of amides is 1. The predicted molar refractivity (Wildman–Crippen MR) is 117 cm³/mol. The molecular formula is C23H30N2O6S. The van der Waals surface area contributed by atoms with E-state index in [0.29, 0.717) is 18.8 Å². The van der Waals surface area contributed by atoms with Gasteiger partial charge in [0.15, 0.2) is 6.61 Å². The summed E-state index contributed by atoms with van der Waals surface area (Å²) < 4.78 is 38.0. The van der Waals surface area contributed by atoms with Crippen LogP contribution >= 0.6 is 0 Å². The summed E-state index contributed by atoms with van der Waals surface area (Å²) in [5.74, 6) is -0.924. The van der Waals surface area contributed by atoms with Gasteiger partial charge in [-0.3, -0.25) is 4.79 Å². The second-order valence-electron chi connectivity index (χ2n) is 8.51. The summed E-state index contributed by atoms with van der Waals surface area (Å²) in [7, 11) is -3.75. The zero-order valence-corrected chi connectivity index (χ0v) is 19.2. The number of rotatable bonds is 7. The Balaban J connectivity index is 1.45. The number of allylic oxidation sites excluding steroid dienone is 2. The molecule has 0 N–H and O–H groups in total. The van der Waals surface area contributed by atoms with E-state index in [0.717, 1.165) is 44.2 Å². The normalized spacial score (nSPS) is 19.8. The molecule has 0 radical (unpaired) electrons. The Bertz CT molecular complexity index is 1010. The number of aryl methyl sites for hydroxylation is 1. The molecule has 2 fully saturated rings. The SMILES string of the molecule is Cc1ccc(C(=O)OCC(=O)N(C2=CCCCC2)C2CC2)cc1S(=O)(=O)N1CCOCC1. The fourth-order valence-corrected chi connectivity index (χ4v) is 5.84. The Morgan fingerprint density at radius 2 is 1.94 bits per heavy atom. The van der Waals surface area contributed by atoms with Crippen LogP contribution in [0.3, 0.4) is 0 Å². The zero-order chi connectivity index (χ0) is 22.7. The van der Waals surface area contributed by atoms with Crippen LogP contribution < -0.4 is 0 Å². The van der Waals surface area contributed by atoms with Gasteiger partial charge in [-0.2, -0.15) is 4.31 Å². The molecule has 0 unspecified atom stereocenters. The van der Waals surface area contributed by atoms with E-state index in [1.807, 2.05) is 0 Å². The van der Waals surface area contributed by atoms with E-state index in [-0.39, 0.29) is 42.1 Å². The summed E-state index contributed by atoms with van der Waals surface area (Å²) in [5.41, 5.74) is 1.70. The van der Waals surface area contributed by atoms with Gasteiger partial charge < -0.3 is 14.4 Å². The molecule has 0 bridgehead atoms. The van der Waals surface area contributed by atoms with Gasteiger partial charge in [-0.15, -0.1) is 0 Å². The number of esters is 1. The summed E-state index contributed by atoms with van der Waals surface area (Å²) >= 11 is 0. The largest absolute Gasteiger partial charge is 0.452 e. The van der Waals surface area contributed by atoms with Gasteiger partial charge in [0, 0.05) is 24.8 Å². The van der Waals surface area contributed by atoms with E-state index < -0.39 is 16.0 Å². The Morgan fingerprint density at radius 1 is 1.19 bits per heavy atom. The third kappa shape index (κ3) is 5.05. The van der Waals surface area contributed by atoms with Crippen molar-refractivity contribution in [3.05, 3.63) is 41.1 Å². The molecule has 8 nitrogen and oxygen atoms in total. The maximum atomic E-state index is 13.0. The van der Waals surface area contributed by atoms with Crippen LogP contribution in [0.25, 0.3) is 0 Å². The van der Waals surface area contributed by atoms with Gasteiger partial charge in [0.25, 0.3) is 5.91 Å². The van der Waals surface area contributed by atoms with Crippen molar-refractivity contribution in [3.8, 4) is 0 Å². The Hall–Kier alpha value is -2.23. The average Bonchev–Trinajstić information content (AvgIpc) is 3.64. The second kappa shape index (κ2) is 9.72. The summed E-state index contributed by atoms with van der Waals surface area (Å²) in [6.45, 7) is 2.57. The van der Waals surface area contributed by atoms with Crippen molar-refractivity contribution in [2.24, 2.45) is 0 Å². The second-order valence-corrected chi connectivity index (χ2v) is 10.4. The van der Waals surface area contributed by atoms with E-state index in [1.54, 1.807) is 17.9 Å². The lowest BCUT2D eigenvalue weighted by molar-refractivity contribution is -0.133. The standard InChI is InChI=1S/C23H30N2O6S/c1-17-7-8-18(15-21(17)32(28,29)24-11-13-30-14-12-24)23(27)31-16-22(26)25(20-9-10-20)19-5-3-2-4-6-19/h5,7-8,15,20H,2-4,6,9-14,16H2,1H3. The smallest absolute Gasteiger partial charge is 0.338 e. The number of carbonyl (C=O) groups excluding carboxylic acids is 2. The molecule has 1 saturated carbocycles. The molecule has 32 heavy (non-hydrogen) atoms. The lowest BCUT2D eigenvalue weighted by Crippen LogP contribution is -2.40. The van der Waals surface area contributed by atoms with E-state index >= 15 is 0 Å². The average molecular weight is 463 g/mol. The van der Waals surface area contributed by atoms with Crippen molar-refractivity contribution in [2.75, 3.05) is 32.9 Å². The van der Waals surface area contributed by atoms with Gasteiger partial charge in [-0.05, 0) is 63.1 Å². The summed E-state index contributed by atoms with van der Waals surface area (Å²) in [6, 6.07) is 4.67. The number of carbonyl (C=O) groups is 2. The van der Waals surface area contributed by atoms with Crippen LogP contribution in [-0.4, -0.2) is 68.5 Å². The van der Waals surface area contributed by atoms with E-state index in [4.69, 9.17) is 9.47 Å². The number of ether oxygens (including phenoxy) is 2. The monoisotopic (exact) mass is 462 g/mol. The predicted octanol–water partition coefficient (Wildman–Crippen LogP) is 2.62. The lowest BCUT2D eigenvalue weighted by Gasteiger charge is -2.27. The van der Waals surface area contributed by atoms with Crippen LogP contribution in [0.4, 0.5) is 0 Å². The molecule has 0 atom stereocenters. The molecule has 2 aliphatic carbocycles. The first kappa shape index (κ1) is 22.9. The Labute approximate surface area is 189 Å². The lowest BCUT2D eigenvalue weighted by atomic mass is 10.0. The fourth-order valence-electron chi connectivity index (χ4n) is 4.18. The van der Waals surface area contributed by atoms with Gasteiger partial charge in [0.2, 0.25) is 10.0 Å². The number of nitrogens with zero attached hydrogens (tertiary/aromatic N) is 2. The topological polar surface area (TPSA) is 93.2 Å². The fraction of sp³-hybridized carbons (Fsp3) is 0.565. The molecule has 9 heteroatoms. The minimum absolute atomic E-state index is 0.0761. The van der Waals surface area contributed by atoms with Crippen LogP contribution in [-0.2, 0) is 24.3 Å². The maximum Gasteiger partial charge on any atom is 0.338 e. The van der Waals surface area contributed by atoms with Gasteiger partial charge in [-0.1, -0.05) is 12.1 Å². The van der Waals surface area contributed by atoms with Crippen molar-refractivity contribution >= 4 is 21.9 Å². The van der Waals surface area contributed by atoms with E-state index in [2.05, 4.69) is 6.08 Å². The molecule has 0 aromatic heterocycles. The van der Waals surface area contributed by atoms with Crippen molar-refractivity contribution in [3.63, 3.8) is 0 Å². The van der Waals surface area contributed by atoms with Crippen LogP contribution in [0.1, 0.15) is 54.4 Å². The molecule has 1 heterocycles. The molecule has 1 saturated heterocycles. The number of morpholine rings is 1.